The zero-order valence-corrected chi connectivity index (χ0v) is 14.2. The molecule has 2 aliphatic rings. The average Bonchev–Trinajstić information content (AvgIpc) is 3.29. The number of pyridine rings is 1. The molecule has 0 bridgehead atoms. The van der Waals surface area contributed by atoms with E-state index in [0.29, 0.717) is 6.04 Å². The molecule has 130 valence electrons. The van der Waals surface area contributed by atoms with Gasteiger partial charge in [-0.1, -0.05) is 6.07 Å². The van der Waals surface area contributed by atoms with Gasteiger partial charge in [0.2, 0.25) is 0 Å². The molecule has 1 spiro atoms. The number of aromatic nitrogens is 4. The highest BCUT2D eigenvalue weighted by molar-refractivity contribution is 5.57. The monoisotopic (exact) mass is 338 g/mol. The van der Waals surface area contributed by atoms with E-state index < -0.39 is 0 Å². The summed E-state index contributed by atoms with van der Waals surface area (Å²) >= 11 is 0. The lowest BCUT2D eigenvalue weighted by atomic mass is 9.84. The second-order valence-corrected chi connectivity index (χ2v) is 7.02. The number of hydrogen-bond acceptors (Lipinski definition) is 4. The highest BCUT2D eigenvalue weighted by Gasteiger charge is 2.40. The van der Waals surface area contributed by atoms with Crippen molar-refractivity contribution >= 4 is 5.65 Å². The molecule has 0 amide bonds. The summed E-state index contributed by atoms with van der Waals surface area (Å²) in [5.74, 6) is 0.979. The lowest BCUT2D eigenvalue weighted by Gasteiger charge is -2.43. The van der Waals surface area contributed by atoms with Crippen molar-refractivity contribution in [2.24, 2.45) is 0 Å². The molecule has 6 heteroatoms. The molecule has 6 nitrogen and oxygen atoms in total. The fourth-order valence-corrected chi connectivity index (χ4v) is 4.24. The first-order valence-corrected chi connectivity index (χ1v) is 9.02. The minimum atomic E-state index is -0.0256. The molecule has 3 aromatic rings. The molecule has 1 unspecified atom stereocenters. The van der Waals surface area contributed by atoms with E-state index in [1.165, 1.54) is 0 Å². The van der Waals surface area contributed by atoms with Crippen molar-refractivity contribution in [2.45, 2.75) is 37.3 Å². The van der Waals surface area contributed by atoms with Crippen LogP contribution < -0.4 is 0 Å². The number of hydrogen-bond donors (Lipinski definition) is 0. The van der Waals surface area contributed by atoms with Crippen LogP contribution in [0.4, 0.5) is 0 Å². The summed E-state index contributed by atoms with van der Waals surface area (Å²) < 4.78 is 16.2. The number of fused-ring (bicyclic) bond motifs is 1. The number of rotatable bonds is 2. The van der Waals surface area contributed by atoms with Gasteiger partial charge in [0.15, 0.2) is 5.82 Å². The first-order valence-electron chi connectivity index (χ1n) is 9.02. The zero-order valence-electron chi connectivity index (χ0n) is 14.2. The van der Waals surface area contributed by atoms with Crippen LogP contribution in [0.2, 0.25) is 0 Å². The van der Waals surface area contributed by atoms with Crippen molar-refractivity contribution in [1.29, 1.82) is 0 Å². The van der Waals surface area contributed by atoms with E-state index in [9.17, 15) is 0 Å². The maximum atomic E-state index is 6.20. The minimum Gasteiger partial charge on any atom is -0.381 e. The third-order valence-electron chi connectivity index (χ3n) is 5.58. The van der Waals surface area contributed by atoms with E-state index in [2.05, 4.69) is 25.1 Å². The summed E-state index contributed by atoms with van der Waals surface area (Å²) in [6, 6.07) is 6.45. The summed E-state index contributed by atoms with van der Waals surface area (Å²) in [5.41, 5.74) is 1.95. The number of nitrogens with zero attached hydrogens (tertiary/aromatic N) is 4. The second-order valence-electron chi connectivity index (χ2n) is 7.02. The van der Waals surface area contributed by atoms with Crippen molar-refractivity contribution in [2.75, 3.05) is 19.8 Å². The van der Waals surface area contributed by atoms with Gasteiger partial charge in [0.25, 0.3) is 0 Å². The van der Waals surface area contributed by atoms with Crippen LogP contribution in [0.5, 0.6) is 0 Å². The van der Waals surface area contributed by atoms with Gasteiger partial charge in [0, 0.05) is 44.5 Å². The van der Waals surface area contributed by atoms with Crippen molar-refractivity contribution in [3.8, 4) is 11.5 Å². The maximum Gasteiger partial charge on any atom is 0.158 e. The van der Waals surface area contributed by atoms with Crippen LogP contribution in [0.15, 0.2) is 43.0 Å². The fraction of sp³-hybridized carbons (Fsp3) is 0.474. The van der Waals surface area contributed by atoms with Crippen LogP contribution in [0.3, 0.4) is 0 Å². The van der Waals surface area contributed by atoms with Gasteiger partial charge in [-0.2, -0.15) is 0 Å². The molecule has 25 heavy (non-hydrogen) atoms. The molecule has 0 saturated carbocycles. The summed E-state index contributed by atoms with van der Waals surface area (Å²) in [7, 11) is 0. The summed E-state index contributed by atoms with van der Waals surface area (Å²) in [6.45, 7) is 2.41. The van der Waals surface area contributed by atoms with Gasteiger partial charge in [-0.3, -0.25) is 4.40 Å². The van der Waals surface area contributed by atoms with Crippen LogP contribution >= 0.6 is 0 Å². The molecule has 5 heterocycles. The Labute approximate surface area is 146 Å². The third-order valence-corrected chi connectivity index (χ3v) is 5.58. The fourth-order valence-electron chi connectivity index (χ4n) is 4.24. The van der Waals surface area contributed by atoms with Crippen molar-refractivity contribution < 1.29 is 9.47 Å². The lowest BCUT2D eigenvalue weighted by Crippen LogP contribution is -2.44. The predicted molar refractivity (Wildman–Crippen MR) is 93.4 cm³/mol. The highest BCUT2D eigenvalue weighted by atomic mass is 16.5. The summed E-state index contributed by atoms with van der Waals surface area (Å²) in [4.78, 5) is 9.17. The third kappa shape index (κ3) is 2.56. The van der Waals surface area contributed by atoms with Crippen LogP contribution in [-0.2, 0) is 9.47 Å². The first kappa shape index (κ1) is 15.1. The van der Waals surface area contributed by atoms with E-state index in [1.54, 1.807) is 0 Å². The van der Waals surface area contributed by atoms with Crippen LogP contribution in [0.1, 0.15) is 31.7 Å². The zero-order chi connectivity index (χ0) is 16.7. The predicted octanol–water partition coefficient (Wildman–Crippen LogP) is 3.10. The Morgan fingerprint density at radius 1 is 1.08 bits per heavy atom. The molecule has 2 fully saturated rings. The first-order chi connectivity index (χ1) is 12.3. The molecule has 0 aromatic carbocycles. The minimum absolute atomic E-state index is 0.0256. The molecule has 5 rings (SSSR count). The summed E-state index contributed by atoms with van der Waals surface area (Å²) in [6.07, 6.45) is 12.0. The molecule has 1 atom stereocenters. The Balaban J connectivity index is 1.50. The normalized spacial score (nSPS) is 23.3. The van der Waals surface area contributed by atoms with Crippen molar-refractivity contribution in [1.82, 2.24) is 18.9 Å². The Morgan fingerprint density at radius 2 is 2.00 bits per heavy atom. The maximum absolute atomic E-state index is 6.20. The molecule has 0 radical (unpaired) electrons. The smallest absolute Gasteiger partial charge is 0.158 e. The standard InChI is InChI=1S/C19H22N4O2/c1-2-8-23-16(14-21-17(23)3-1)18-20-7-9-22(18)15-4-10-25-19(13-15)5-11-24-12-6-19/h1-3,7-9,14-15H,4-6,10-13H2. The SMILES string of the molecule is c1ccn2c(-c3nccn3C3CCOC4(CCOCC4)C3)cnc2c1. The van der Waals surface area contributed by atoms with E-state index >= 15 is 0 Å². The highest BCUT2D eigenvalue weighted by Crippen LogP contribution is 2.40. The molecule has 0 aliphatic carbocycles. The van der Waals surface area contributed by atoms with Gasteiger partial charge in [0.05, 0.1) is 11.8 Å². The quantitative estimate of drug-likeness (QED) is 0.720. The Hall–Kier alpha value is -2.18. The Morgan fingerprint density at radius 3 is 2.92 bits per heavy atom. The lowest BCUT2D eigenvalue weighted by molar-refractivity contribution is -0.144. The number of ether oxygens (including phenoxy) is 2. The van der Waals surface area contributed by atoms with Crippen LogP contribution in [-0.4, -0.2) is 44.4 Å². The number of imidazole rings is 2. The van der Waals surface area contributed by atoms with E-state index in [1.807, 2.05) is 36.8 Å². The summed E-state index contributed by atoms with van der Waals surface area (Å²) in [5, 5.41) is 0. The van der Waals surface area contributed by atoms with Gasteiger partial charge in [-0.25, -0.2) is 9.97 Å². The molecule has 0 N–H and O–H groups in total. The molecule has 3 aromatic heterocycles. The van der Waals surface area contributed by atoms with E-state index in [0.717, 1.165) is 62.7 Å². The van der Waals surface area contributed by atoms with Crippen LogP contribution in [0.25, 0.3) is 17.2 Å². The Bertz CT molecular complexity index is 873. The molecular weight excluding hydrogens is 316 g/mol. The van der Waals surface area contributed by atoms with Gasteiger partial charge in [0.1, 0.15) is 11.3 Å². The van der Waals surface area contributed by atoms with E-state index in [-0.39, 0.29) is 5.60 Å². The van der Waals surface area contributed by atoms with Crippen LogP contribution in [0, 0.1) is 0 Å². The van der Waals surface area contributed by atoms with Gasteiger partial charge in [-0.05, 0) is 37.8 Å². The van der Waals surface area contributed by atoms with Gasteiger partial charge in [-0.15, -0.1) is 0 Å². The molecule has 2 saturated heterocycles. The Kier molecular flexibility index (Phi) is 3.60. The second kappa shape index (κ2) is 5.97. The molecule has 2 aliphatic heterocycles. The molecular formula is C19H22N4O2. The van der Waals surface area contributed by atoms with Crippen molar-refractivity contribution in [3.05, 3.63) is 43.0 Å². The average molecular weight is 338 g/mol. The van der Waals surface area contributed by atoms with Crippen molar-refractivity contribution in [3.63, 3.8) is 0 Å². The topological polar surface area (TPSA) is 53.6 Å². The van der Waals surface area contributed by atoms with Gasteiger partial charge >= 0.3 is 0 Å². The van der Waals surface area contributed by atoms with Gasteiger partial charge < -0.3 is 14.0 Å². The largest absolute Gasteiger partial charge is 0.381 e. The van der Waals surface area contributed by atoms with E-state index in [4.69, 9.17) is 9.47 Å².